The summed E-state index contributed by atoms with van der Waals surface area (Å²) in [6, 6.07) is 17.5. The summed E-state index contributed by atoms with van der Waals surface area (Å²) in [6.07, 6.45) is 2.45. The Balaban J connectivity index is 1.88. The first-order chi connectivity index (χ1) is 9.78. The second kappa shape index (κ2) is 5.88. The van der Waals surface area contributed by atoms with E-state index >= 15 is 0 Å². The van der Waals surface area contributed by atoms with Crippen molar-refractivity contribution < 1.29 is 4.74 Å². The molecule has 0 amide bonds. The van der Waals surface area contributed by atoms with E-state index < -0.39 is 0 Å². The predicted molar refractivity (Wildman–Crippen MR) is 86.5 cm³/mol. The van der Waals surface area contributed by atoms with Crippen molar-refractivity contribution in [2.45, 2.75) is 18.9 Å². The Labute approximate surface area is 128 Å². The summed E-state index contributed by atoms with van der Waals surface area (Å²) in [7, 11) is 1.70. The molecule has 1 saturated heterocycles. The summed E-state index contributed by atoms with van der Waals surface area (Å²) in [6.45, 7) is 1.11. The average molecular weight is 332 g/mol. The summed E-state index contributed by atoms with van der Waals surface area (Å²) >= 11 is 3.57. The lowest BCUT2D eigenvalue weighted by atomic mass is 10.0. The molecule has 0 aliphatic carbocycles. The van der Waals surface area contributed by atoms with E-state index in [0.29, 0.717) is 6.04 Å². The quantitative estimate of drug-likeness (QED) is 0.801. The highest BCUT2D eigenvalue weighted by Crippen LogP contribution is 2.37. The molecule has 2 aromatic rings. The average Bonchev–Trinajstić information content (AvgIpc) is 2.97. The van der Waals surface area contributed by atoms with E-state index in [9.17, 15) is 0 Å². The van der Waals surface area contributed by atoms with Gasteiger partial charge in [-0.15, -0.1) is 0 Å². The van der Waals surface area contributed by atoms with Gasteiger partial charge in [0.05, 0.1) is 13.2 Å². The fourth-order valence-corrected chi connectivity index (χ4v) is 3.33. The van der Waals surface area contributed by atoms with Crippen molar-refractivity contribution >= 4 is 21.6 Å². The minimum absolute atomic E-state index is 0.473. The van der Waals surface area contributed by atoms with E-state index in [1.165, 1.54) is 24.1 Å². The van der Waals surface area contributed by atoms with Crippen LogP contribution in [-0.4, -0.2) is 13.7 Å². The topological polar surface area (TPSA) is 12.5 Å². The first kappa shape index (κ1) is 13.5. The Kier molecular flexibility index (Phi) is 3.97. The molecular weight excluding hydrogens is 314 g/mol. The van der Waals surface area contributed by atoms with Gasteiger partial charge in [0.1, 0.15) is 5.75 Å². The van der Waals surface area contributed by atoms with Crippen LogP contribution in [0.4, 0.5) is 5.69 Å². The monoisotopic (exact) mass is 331 g/mol. The van der Waals surface area contributed by atoms with Crippen molar-refractivity contribution in [3.05, 3.63) is 58.6 Å². The zero-order valence-corrected chi connectivity index (χ0v) is 13.1. The van der Waals surface area contributed by atoms with Crippen molar-refractivity contribution in [2.24, 2.45) is 0 Å². The minimum Gasteiger partial charge on any atom is -0.497 e. The number of nitrogens with zero attached hydrogens (tertiary/aromatic N) is 1. The lowest BCUT2D eigenvalue weighted by Crippen LogP contribution is -2.22. The third-order valence-electron chi connectivity index (χ3n) is 3.89. The van der Waals surface area contributed by atoms with Gasteiger partial charge < -0.3 is 9.64 Å². The van der Waals surface area contributed by atoms with E-state index in [4.69, 9.17) is 4.74 Å². The normalized spacial score (nSPS) is 18.3. The highest BCUT2D eigenvalue weighted by atomic mass is 79.9. The molecule has 104 valence electrons. The molecule has 0 aromatic heterocycles. The van der Waals surface area contributed by atoms with Crippen LogP contribution in [0.5, 0.6) is 5.75 Å². The van der Waals surface area contributed by atoms with Crippen LogP contribution in [0, 0.1) is 0 Å². The molecule has 0 radical (unpaired) electrons. The molecule has 0 spiro atoms. The molecule has 1 heterocycles. The Hall–Kier alpha value is -1.48. The van der Waals surface area contributed by atoms with E-state index in [1.807, 2.05) is 12.1 Å². The summed E-state index contributed by atoms with van der Waals surface area (Å²) < 4.78 is 6.38. The maximum Gasteiger partial charge on any atom is 0.119 e. The lowest BCUT2D eigenvalue weighted by Gasteiger charge is -2.27. The van der Waals surface area contributed by atoms with Gasteiger partial charge in [0.2, 0.25) is 0 Å². The van der Waals surface area contributed by atoms with Gasteiger partial charge in [-0.2, -0.15) is 0 Å². The molecule has 3 rings (SSSR count). The largest absolute Gasteiger partial charge is 0.497 e. The summed E-state index contributed by atoms with van der Waals surface area (Å²) in [5, 5.41) is 0. The van der Waals surface area contributed by atoms with Crippen LogP contribution in [0.25, 0.3) is 0 Å². The SMILES string of the molecule is COc1ccc(N2CCCC2c2cccc(Br)c2)cc1. The van der Waals surface area contributed by atoms with Crippen LogP contribution >= 0.6 is 15.9 Å². The lowest BCUT2D eigenvalue weighted by molar-refractivity contribution is 0.415. The van der Waals surface area contributed by atoms with Crippen LogP contribution in [0.3, 0.4) is 0 Å². The maximum atomic E-state index is 5.23. The van der Waals surface area contributed by atoms with Crippen molar-refractivity contribution in [1.29, 1.82) is 0 Å². The number of hydrogen-bond acceptors (Lipinski definition) is 2. The van der Waals surface area contributed by atoms with E-state index in [2.05, 4.69) is 57.2 Å². The number of halogens is 1. The van der Waals surface area contributed by atoms with Crippen LogP contribution in [0.15, 0.2) is 53.0 Å². The van der Waals surface area contributed by atoms with Gasteiger partial charge in [-0.3, -0.25) is 0 Å². The molecule has 0 bridgehead atoms. The third-order valence-corrected chi connectivity index (χ3v) is 4.38. The first-order valence-electron chi connectivity index (χ1n) is 6.94. The molecule has 1 aliphatic heterocycles. The van der Waals surface area contributed by atoms with Gasteiger partial charge in [-0.25, -0.2) is 0 Å². The Morgan fingerprint density at radius 2 is 1.95 bits per heavy atom. The Bertz CT molecular complexity index is 582. The molecule has 1 atom stereocenters. The molecule has 1 aliphatic rings. The van der Waals surface area contributed by atoms with Crippen molar-refractivity contribution in [3.8, 4) is 5.75 Å². The van der Waals surface area contributed by atoms with Crippen molar-refractivity contribution in [3.63, 3.8) is 0 Å². The van der Waals surface area contributed by atoms with E-state index in [1.54, 1.807) is 7.11 Å². The van der Waals surface area contributed by atoms with E-state index in [-0.39, 0.29) is 0 Å². The van der Waals surface area contributed by atoms with Gasteiger partial charge in [0.15, 0.2) is 0 Å². The fraction of sp³-hybridized carbons (Fsp3) is 0.294. The summed E-state index contributed by atoms with van der Waals surface area (Å²) in [4.78, 5) is 2.49. The molecule has 3 heteroatoms. The second-order valence-corrected chi connectivity index (χ2v) is 6.02. The minimum atomic E-state index is 0.473. The van der Waals surface area contributed by atoms with E-state index in [0.717, 1.165) is 16.8 Å². The molecule has 1 fully saturated rings. The highest BCUT2D eigenvalue weighted by Gasteiger charge is 2.26. The molecule has 20 heavy (non-hydrogen) atoms. The molecule has 1 unspecified atom stereocenters. The predicted octanol–water partition coefficient (Wildman–Crippen LogP) is 4.80. The molecule has 2 nitrogen and oxygen atoms in total. The van der Waals surface area contributed by atoms with Gasteiger partial charge in [-0.05, 0) is 54.8 Å². The van der Waals surface area contributed by atoms with Gasteiger partial charge >= 0.3 is 0 Å². The van der Waals surface area contributed by atoms with Crippen molar-refractivity contribution in [1.82, 2.24) is 0 Å². The third kappa shape index (κ3) is 2.68. The molecule has 2 aromatic carbocycles. The molecule has 0 N–H and O–H groups in total. The summed E-state index contributed by atoms with van der Waals surface area (Å²) in [5.41, 5.74) is 2.65. The van der Waals surface area contributed by atoms with Crippen LogP contribution < -0.4 is 9.64 Å². The number of anilines is 1. The Morgan fingerprint density at radius 1 is 1.15 bits per heavy atom. The number of rotatable bonds is 3. The Morgan fingerprint density at radius 3 is 2.65 bits per heavy atom. The van der Waals surface area contributed by atoms with Crippen LogP contribution in [0.2, 0.25) is 0 Å². The maximum absolute atomic E-state index is 5.23. The standard InChI is InChI=1S/C17H18BrNO/c1-20-16-9-7-15(8-10-16)19-11-3-6-17(19)13-4-2-5-14(18)12-13/h2,4-5,7-10,12,17H,3,6,11H2,1H3. The number of hydrogen-bond donors (Lipinski definition) is 0. The van der Waals surface area contributed by atoms with Crippen LogP contribution in [-0.2, 0) is 0 Å². The van der Waals surface area contributed by atoms with Crippen LogP contribution in [0.1, 0.15) is 24.4 Å². The molecular formula is C17H18BrNO. The smallest absolute Gasteiger partial charge is 0.119 e. The number of methoxy groups -OCH3 is 1. The second-order valence-electron chi connectivity index (χ2n) is 5.10. The number of benzene rings is 2. The van der Waals surface area contributed by atoms with Crippen molar-refractivity contribution in [2.75, 3.05) is 18.6 Å². The van der Waals surface area contributed by atoms with Gasteiger partial charge in [-0.1, -0.05) is 28.1 Å². The highest BCUT2D eigenvalue weighted by molar-refractivity contribution is 9.10. The van der Waals surface area contributed by atoms with Gasteiger partial charge in [0.25, 0.3) is 0 Å². The first-order valence-corrected chi connectivity index (χ1v) is 7.73. The molecule has 0 saturated carbocycles. The summed E-state index contributed by atoms with van der Waals surface area (Å²) in [5.74, 6) is 0.909. The zero-order valence-electron chi connectivity index (χ0n) is 11.6. The number of ether oxygens (including phenoxy) is 1. The fourth-order valence-electron chi connectivity index (χ4n) is 2.91. The van der Waals surface area contributed by atoms with Gasteiger partial charge in [0, 0.05) is 16.7 Å². The zero-order chi connectivity index (χ0) is 13.9.